The predicted octanol–water partition coefficient (Wildman–Crippen LogP) is 1.22. The summed E-state index contributed by atoms with van der Waals surface area (Å²) >= 11 is 1.44. The fourth-order valence-corrected chi connectivity index (χ4v) is 2.02. The van der Waals surface area contributed by atoms with Crippen LogP contribution in [0.2, 0.25) is 0 Å². The van der Waals surface area contributed by atoms with Crippen LogP contribution in [0.5, 0.6) is 0 Å². The molecule has 1 N–H and O–H groups in total. The lowest BCUT2D eigenvalue weighted by Gasteiger charge is -2.34. The van der Waals surface area contributed by atoms with Gasteiger partial charge in [-0.3, -0.25) is 9.78 Å². The Morgan fingerprint density at radius 1 is 1.48 bits per heavy atom. The van der Waals surface area contributed by atoms with E-state index in [-0.39, 0.29) is 19.8 Å². The van der Waals surface area contributed by atoms with E-state index in [1.165, 1.54) is 16.2 Å². The number of rotatable bonds is 4. The Balaban J connectivity index is 2.40. The summed E-state index contributed by atoms with van der Waals surface area (Å²) in [6.45, 7) is 5.98. The Morgan fingerprint density at radius 2 is 2.19 bits per heavy atom. The molecule has 0 atom stereocenters. The molecule has 0 fully saturated rings. The van der Waals surface area contributed by atoms with Crippen LogP contribution < -0.4 is 0 Å². The molecule has 0 aliphatic heterocycles. The highest BCUT2D eigenvalue weighted by Crippen LogP contribution is 2.13. The van der Waals surface area contributed by atoms with Crippen molar-refractivity contribution in [2.75, 3.05) is 19.8 Å². The number of nitrogens with zero attached hydrogens (tertiary/aromatic N) is 2. The number of carbonyl (C=O) groups is 2. The number of carboxylic acid groups (broad SMARTS) is 1. The summed E-state index contributed by atoms with van der Waals surface area (Å²) in [7, 11) is 0. The van der Waals surface area contributed by atoms with Crippen LogP contribution in [0.3, 0.4) is 0 Å². The molecule has 6 nitrogen and oxygen atoms in total. The van der Waals surface area contributed by atoms with Crippen LogP contribution in [0.1, 0.15) is 25.6 Å². The molecule has 21 heavy (non-hydrogen) atoms. The molecule has 7 heteroatoms. The van der Waals surface area contributed by atoms with Gasteiger partial charge in [-0.15, -0.1) is 11.3 Å². The van der Waals surface area contributed by atoms with Crippen molar-refractivity contribution in [3.8, 4) is 11.8 Å². The maximum Gasteiger partial charge on any atom is 0.394 e. The van der Waals surface area contributed by atoms with Gasteiger partial charge in [-0.2, -0.15) is 0 Å². The molecule has 0 aliphatic carbocycles. The van der Waals surface area contributed by atoms with Crippen LogP contribution >= 0.6 is 11.3 Å². The monoisotopic (exact) mass is 310 g/mol. The van der Waals surface area contributed by atoms with Gasteiger partial charge in [0.1, 0.15) is 6.61 Å². The van der Waals surface area contributed by atoms with Gasteiger partial charge in [-0.05, 0) is 20.8 Å². The van der Waals surface area contributed by atoms with Crippen LogP contribution in [-0.4, -0.2) is 52.2 Å². The van der Waals surface area contributed by atoms with Gasteiger partial charge >= 0.3 is 11.9 Å². The number of thiazole rings is 1. The van der Waals surface area contributed by atoms with Gasteiger partial charge in [0.25, 0.3) is 0 Å². The first-order chi connectivity index (χ1) is 9.82. The Bertz CT molecular complexity index is 538. The average molecular weight is 310 g/mol. The summed E-state index contributed by atoms with van der Waals surface area (Å²) in [6, 6.07) is 0. The van der Waals surface area contributed by atoms with Crippen LogP contribution in [0.15, 0.2) is 11.7 Å². The lowest BCUT2D eigenvalue weighted by atomic mass is 10.1. The summed E-state index contributed by atoms with van der Waals surface area (Å²) in [5.74, 6) is 3.33. The molecule has 1 heterocycles. The van der Waals surface area contributed by atoms with Gasteiger partial charge in [-0.1, -0.05) is 11.8 Å². The molecule has 0 spiro atoms. The number of aromatic nitrogens is 1. The van der Waals surface area contributed by atoms with Crippen molar-refractivity contribution in [2.45, 2.75) is 26.3 Å². The van der Waals surface area contributed by atoms with E-state index < -0.39 is 17.4 Å². The van der Waals surface area contributed by atoms with Crippen molar-refractivity contribution in [3.05, 3.63) is 16.6 Å². The van der Waals surface area contributed by atoms with E-state index in [1.54, 1.807) is 32.5 Å². The van der Waals surface area contributed by atoms with Crippen molar-refractivity contribution >= 4 is 23.2 Å². The molecule has 0 aliphatic rings. The molecular weight excluding hydrogens is 292 g/mol. The molecule has 0 saturated heterocycles. The van der Waals surface area contributed by atoms with Crippen LogP contribution in [-0.2, 0) is 14.3 Å². The third-order valence-corrected chi connectivity index (χ3v) is 3.20. The summed E-state index contributed by atoms with van der Waals surface area (Å²) in [5, 5.41) is 8.80. The first-order valence-corrected chi connectivity index (χ1v) is 7.20. The van der Waals surface area contributed by atoms with E-state index >= 15 is 0 Å². The number of hydrogen-bond donors (Lipinski definition) is 1. The number of ether oxygens (including phenoxy) is 1. The van der Waals surface area contributed by atoms with Crippen molar-refractivity contribution in [2.24, 2.45) is 0 Å². The van der Waals surface area contributed by atoms with Crippen LogP contribution in [0.4, 0.5) is 0 Å². The van der Waals surface area contributed by atoms with Crippen molar-refractivity contribution < 1.29 is 19.4 Å². The molecule has 0 aromatic carbocycles. The molecule has 114 valence electrons. The fraction of sp³-hybridized carbons (Fsp3) is 0.500. The van der Waals surface area contributed by atoms with Gasteiger partial charge in [0.05, 0.1) is 23.2 Å². The molecule has 0 bridgehead atoms. The predicted molar refractivity (Wildman–Crippen MR) is 78.9 cm³/mol. The van der Waals surface area contributed by atoms with Crippen molar-refractivity contribution in [3.63, 3.8) is 0 Å². The van der Waals surface area contributed by atoms with E-state index in [9.17, 15) is 9.59 Å². The van der Waals surface area contributed by atoms with E-state index in [2.05, 4.69) is 16.8 Å². The fourth-order valence-electron chi connectivity index (χ4n) is 1.54. The Kier molecular flexibility index (Phi) is 6.34. The first-order valence-electron chi connectivity index (χ1n) is 6.32. The van der Waals surface area contributed by atoms with Gasteiger partial charge in [0, 0.05) is 12.1 Å². The Morgan fingerprint density at radius 3 is 2.71 bits per heavy atom. The zero-order valence-corrected chi connectivity index (χ0v) is 13.1. The molecule has 1 aromatic rings. The SMILES string of the molecule is CC(C)(C)N(CCOCC#Cc1cncs1)C(=O)C(=O)O. The molecule has 1 rings (SSSR count). The molecule has 1 aromatic heterocycles. The topological polar surface area (TPSA) is 79.7 Å². The van der Waals surface area contributed by atoms with Gasteiger partial charge in [0.2, 0.25) is 0 Å². The van der Waals surface area contributed by atoms with Gasteiger partial charge in [-0.25, -0.2) is 4.79 Å². The van der Waals surface area contributed by atoms with Gasteiger partial charge < -0.3 is 14.7 Å². The van der Waals surface area contributed by atoms with Crippen LogP contribution in [0.25, 0.3) is 0 Å². The van der Waals surface area contributed by atoms with E-state index in [0.29, 0.717) is 0 Å². The zero-order chi connectivity index (χ0) is 15.9. The number of amides is 1. The largest absolute Gasteiger partial charge is 0.474 e. The minimum absolute atomic E-state index is 0.205. The maximum atomic E-state index is 11.6. The molecular formula is C14H18N2O4S. The number of carboxylic acids is 1. The minimum Gasteiger partial charge on any atom is -0.474 e. The second-order valence-corrected chi connectivity index (χ2v) is 6.04. The summed E-state index contributed by atoms with van der Waals surface area (Å²) < 4.78 is 5.31. The Hall–Kier alpha value is -1.91. The minimum atomic E-state index is -1.46. The third-order valence-electron chi connectivity index (χ3n) is 2.52. The number of carbonyl (C=O) groups excluding carboxylic acids is 1. The highest BCUT2D eigenvalue weighted by atomic mass is 32.1. The maximum absolute atomic E-state index is 11.6. The zero-order valence-electron chi connectivity index (χ0n) is 12.3. The van der Waals surface area contributed by atoms with E-state index in [4.69, 9.17) is 9.84 Å². The third kappa shape index (κ3) is 5.94. The number of aliphatic carboxylic acids is 1. The smallest absolute Gasteiger partial charge is 0.394 e. The quantitative estimate of drug-likeness (QED) is 0.514. The Labute approximate surface area is 127 Å². The second kappa shape index (κ2) is 7.76. The standard InChI is InChI=1S/C14H18N2O4S/c1-14(2,3)16(12(17)13(18)19)6-8-20-7-4-5-11-9-15-10-21-11/h9-10H,6-8H2,1-3H3,(H,18,19). The number of hydrogen-bond acceptors (Lipinski definition) is 5. The molecule has 0 radical (unpaired) electrons. The van der Waals surface area contributed by atoms with E-state index in [0.717, 1.165) is 4.88 Å². The first kappa shape index (κ1) is 17.1. The summed E-state index contributed by atoms with van der Waals surface area (Å²) in [5.41, 5.74) is 1.12. The lowest BCUT2D eigenvalue weighted by molar-refractivity contribution is -0.159. The van der Waals surface area contributed by atoms with Crippen molar-refractivity contribution in [1.82, 2.24) is 9.88 Å². The van der Waals surface area contributed by atoms with Crippen molar-refractivity contribution in [1.29, 1.82) is 0 Å². The molecule has 1 amide bonds. The lowest BCUT2D eigenvalue weighted by Crippen LogP contribution is -2.50. The highest BCUT2D eigenvalue weighted by molar-refractivity contribution is 7.10. The van der Waals surface area contributed by atoms with Gasteiger partial charge in [0.15, 0.2) is 0 Å². The summed E-state index contributed by atoms with van der Waals surface area (Å²) in [4.78, 5) is 28.4. The molecule has 0 saturated carbocycles. The van der Waals surface area contributed by atoms with Crippen LogP contribution in [0, 0.1) is 11.8 Å². The molecule has 0 unspecified atom stereocenters. The average Bonchev–Trinajstić information content (AvgIpc) is 2.88. The summed E-state index contributed by atoms with van der Waals surface area (Å²) in [6.07, 6.45) is 1.67. The van der Waals surface area contributed by atoms with E-state index in [1.807, 2.05) is 0 Å². The highest BCUT2D eigenvalue weighted by Gasteiger charge is 2.30. The second-order valence-electron chi connectivity index (χ2n) is 5.15. The normalized spacial score (nSPS) is 10.6.